The maximum absolute atomic E-state index is 13.2. The zero-order valence-electron chi connectivity index (χ0n) is 13.2. The van der Waals surface area contributed by atoms with E-state index in [9.17, 15) is 17.2 Å². The largest absolute Gasteiger partial charge is 0.263 e. The lowest BCUT2D eigenvalue weighted by molar-refractivity contribution is 0.507. The van der Waals surface area contributed by atoms with Crippen LogP contribution in [0.5, 0.6) is 0 Å². The zero-order valence-corrected chi connectivity index (χ0v) is 14.8. The predicted molar refractivity (Wildman–Crippen MR) is 93.3 cm³/mol. The smallest absolute Gasteiger partial charge is 0.255 e. The molecule has 0 fully saturated rings. The number of benzene rings is 2. The second-order valence-corrected chi connectivity index (χ2v) is 8.27. The Morgan fingerprint density at radius 3 is 2.48 bits per heavy atom. The maximum Gasteiger partial charge on any atom is 0.263 e. The van der Waals surface area contributed by atoms with Crippen molar-refractivity contribution >= 4 is 26.5 Å². The fourth-order valence-electron chi connectivity index (χ4n) is 2.18. The van der Waals surface area contributed by atoms with Gasteiger partial charge < -0.3 is 0 Å². The highest BCUT2D eigenvalue weighted by atomic mass is 32.2. The van der Waals surface area contributed by atoms with E-state index >= 15 is 0 Å². The molecule has 0 atom stereocenters. The summed E-state index contributed by atoms with van der Waals surface area (Å²) in [7, 11) is -3.71. The molecule has 0 radical (unpaired) electrons. The van der Waals surface area contributed by atoms with Crippen molar-refractivity contribution in [3.63, 3.8) is 0 Å². The van der Waals surface area contributed by atoms with Crippen LogP contribution in [0.4, 0.5) is 13.9 Å². The Bertz CT molecular complexity index is 1000. The molecule has 0 aliphatic carbocycles. The van der Waals surface area contributed by atoms with Crippen LogP contribution >= 0.6 is 11.3 Å². The topological polar surface area (TPSA) is 59.1 Å². The van der Waals surface area contributed by atoms with Gasteiger partial charge in [-0.25, -0.2) is 22.2 Å². The zero-order chi connectivity index (χ0) is 18.0. The molecule has 25 heavy (non-hydrogen) atoms. The molecular formula is C17H14F2N2O2S2. The van der Waals surface area contributed by atoms with Gasteiger partial charge in [0.15, 0.2) is 16.8 Å². The van der Waals surface area contributed by atoms with Crippen molar-refractivity contribution in [3.05, 3.63) is 76.3 Å². The molecule has 0 spiro atoms. The molecule has 2 aromatic carbocycles. The molecule has 1 N–H and O–H groups in total. The van der Waals surface area contributed by atoms with Crippen molar-refractivity contribution < 1.29 is 17.2 Å². The Morgan fingerprint density at radius 2 is 1.80 bits per heavy atom. The van der Waals surface area contributed by atoms with Gasteiger partial charge >= 0.3 is 0 Å². The number of nitrogens with one attached hydrogen (secondary N) is 1. The maximum atomic E-state index is 13.2. The summed E-state index contributed by atoms with van der Waals surface area (Å²) >= 11 is 1.14. The van der Waals surface area contributed by atoms with Crippen molar-refractivity contribution in [3.8, 4) is 0 Å². The molecule has 0 amide bonds. The third kappa shape index (κ3) is 4.21. The molecule has 0 saturated heterocycles. The van der Waals surface area contributed by atoms with Crippen LogP contribution in [0.25, 0.3) is 0 Å². The van der Waals surface area contributed by atoms with Gasteiger partial charge in [0.25, 0.3) is 10.0 Å². The lowest BCUT2D eigenvalue weighted by atomic mass is 10.1. The van der Waals surface area contributed by atoms with Gasteiger partial charge in [0.2, 0.25) is 0 Å². The highest BCUT2D eigenvalue weighted by Gasteiger charge is 2.16. The fourth-order valence-corrected chi connectivity index (χ4v) is 4.27. The summed E-state index contributed by atoms with van der Waals surface area (Å²) in [6, 6.07) is 10.1. The van der Waals surface area contributed by atoms with Crippen LogP contribution in [-0.4, -0.2) is 13.4 Å². The molecular weight excluding hydrogens is 366 g/mol. The van der Waals surface area contributed by atoms with Gasteiger partial charge in [-0.1, -0.05) is 23.8 Å². The molecule has 3 rings (SSSR count). The van der Waals surface area contributed by atoms with Crippen LogP contribution in [0.15, 0.2) is 53.6 Å². The second kappa shape index (κ2) is 6.89. The predicted octanol–water partition coefficient (Wildman–Crippen LogP) is 4.12. The SMILES string of the molecule is Cc1ccc(S(=O)(=O)Nc2ncc(Cc3ccc(F)c(F)c3)s2)cc1. The molecule has 8 heteroatoms. The van der Waals surface area contributed by atoms with E-state index in [0.29, 0.717) is 12.0 Å². The normalized spacial score (nSPS) is 11.5. The van der Waals surface area contributed by atoms with Crippen LogP contribution < -0.4 is 4.72 Å². The molecule has 0 saturated carbocycles. The molecule has 130 valence electrons. The number of thiazole rings is 1. The number of halogens is 2. The van der Waals surface area contributed by atoms with Crippen LogP contribution in [0.1, 0.15) is 16.0 Å². The van der Waals surface area contributed by atoms with E-state index in [2.05, 4.69) is 9.71 Å². The Morgan fingerprint density at radius 1 is 1.08 bits per heavy atom. The molecule has 1 aromatic heterocycles. The van der Waals surface area contributed by atoms with E-state index in [1.807, 2.05) is 6.92 Å². The van der Waals surface area contributed by atoms with Gasteiger partial charge in [-0.15, -0.1) is 11.3 Å². The first-order valence-electron chi connectivity index (χ1n) is 7.31. The summed E-state index contributed by atoms with van der Waals surface area (Å²) in [6.07, 6.45) is 1.85. The molecule has 0 aliphatic heterocycles. The van der Waals surface area contributed by atoms with E-state index in [1.165, 1.54) is 24.4 Å². The number of aryl methyl sites for hydroxylation is 1. The second-order valence-electron chi connectivity index (χ2n) is 5.48. The number of anilines is 1. The lowest BCUT2D eigenvalue weighted by Crippen LogP contribution is -2.12. The lowest BCUT2D eigenvalue weighted by Gasteiger charge is -2.05. The Kier molecular flexibility index (Phi) is 4.82. The standard InChI is InChI=1S/C17H14F2N2O2S2/c1-11-2-5-14(6-3-11)25(22,23)21-17-20-10-13(24-17)8-12-4-7-15(18)16(19)9-12/h2-7,9-10H,8H2,1H3,(H,20,21). The average molecular weight is 380 g/mol. The van der Waals surface area contributed by atoms with E-state index in [4.69, 9.17) is 0 Å². The summed E-state index contributed by atoms with van der Waals surface area (Å²) in [5.74, 6) is -1.82. The number of sulfonamides is 1. The molecule has 0 unspecified atom stereocenters. The summed E-state index contributed by atoms with van der Waals surface area (Å²) in [5, 5.41) is 0.221. The van der Waals surface area contributed by atoms with Gasteiger partial charge in [-0.2, -0.15) is 0 Å². The number of aromatic nitrogens is 1. The van der Waals surface area contributed by atoms with Crippen molar-refractivity contribution in [1.29, 1.82) is 0 Å². The van der Waals surface area contributed by atoms with Crippen LogP contribution in [0, 0.1) is 18.6 Å². The summed E-state index contributed by atoms with van der Waals surface area (Å²) in [4.78, 5) is 4.92. The van der Waals surface area contributed by atoms with Crippen molar-refractivity contribution in [2.75, 3.05) is 4.72 Å². The van der Waals surface area contributed by atoms with Gasteiger partial charge in [-0.3, -0.25) is 4.72 Å². The molecule has 0 bridgehead atoms. The van der Waals surface area contributed by atoms with Gasteiger partial charge in [0, 0.05) is 17.5 Å². The van der Waals surface area contributed by atoms with Crippen LogP contribution in [0.3, 0.4) is 0 Å². The van der Waals surface area contributed by atoms with Gasteiger partial charge in [0.1, 0.15) is 0 Å². The van der Waals surface area contributed by atoms with E-state index in [1.54, 1.807) is 12.1 Å². The first-order chi connectivity index (χ1) is 11.8. The highest BCUT2D eigenvalue weighted by molar-refractivity contribution is 7.93. The molecule has 0 aliphatic rings. The van der Waals surface area contributed by atoms with Crippen LogP contribution in [-0.2, 0) is 16.4 Å². The minimum atomic E-state index is -3.71. The van der Waals surface area contributed by atoms with Gasteiger partial charge in [0.05, 0.1) is 4.90 Å². The highest BCUT2D eigenvalue weighted by Crippen LogP contribution is 2.24. The monoisotopic (exact) mass is 380 g/mol. The Hall–Kier alpha value is -2.32. The van der Waals surface area contributed by atoms with E-state index < -0.39 is 21.7 Å². The average Bonchev–Trinajstić information content (AvgIpc) is 2.97. The minimum Gasteiger partial charge on any atom is -0.255 e. The third-order valence-corrected chi connectivity index (χ3v) is 5.87. The Balaban J connectivity index is 1.74. The quantitative estimate of drug-likeness (QED) is 0.724. The van der Waals surface area contributed by atoms with E-state index in [0.717, 1.165) is 33.9 Å². The summed E-state index contributed by atoms with van der Waals surface area (Å²) < 4.78 is 53.3. The van der Waals surface area contributed by atoms with Crippen molar-refractivity contribution in [1.82, 2.24) is 4.98 Å². The fraction of sp³-hybridized carbons (Fsp3) is 0.118. The number of rotatable bonds is 5. The summed E-state index contributed by atoms with van der Waals surface area (Å²) in [5.41, 5.74) is 1.54. The van der Waals surface area contributed by atoms with E-state index in [-0.39, 0.29) is 10.0 Å². The number of hydrogen-bond acceptors (Lipinski definition) is 4. The van der Waals surface area contributed by atoms with Crippen molar-refractivity contribution in [2.24, 2.45) is 0 Å². The van der Waals surface area contributed by atoms with Gasteiger partial charge in [-0.05, 0) is 36.8 Å². The van der Waals surface area contributed by atoms with Crippen molar-refractivity contribution in [2.45, 2.75) is 18.2 Å². The number of nitrogens with zero attached hydrogens (tertiary/aromatic N) is 1. The Labute approximate surface area is 148 Å². The summed E-state index contributed by atoms with van der Waals surface area (Å²) in [6.45, 7) is 1.87. The first kappa shape index (κ1) is 17.5. The minimum absolute atomic E-state index is 0.149. The van der Waals surface area contributed by atoms with Crippen LogP contribution in [0.2, 0.25) is 0 Å². The molecule has 4 nitrogen and oxygen atoms in total. The molecule has 3 aromatic rings. The molecule has 1 heterocycles. The first-order valence-corrected chi connectivity index (χ1v) is 9.61. The third-order valence-electron chi connectivity index (χ3n) is 3.47. The number of hydrogen-bond donors (Lipinski definition) is 1.